The van der Waals surface area contributed by atoms with Gasteiger partial charge in [-0.05, 0) is 6.42 Å². The zero-order valence-electron chi connectivity index (χ0n) is 9.68. The van der Waals surface area contributed by atoms with Crippen LogP contribution in [-0.4, -0.2) is 31.4 Å². The van der Waals surface area contributed by atoms with Gasteiger partial charge in [0.15, 0.2) is 5.78 Å². The van der Waals surface area contributed by atoms with Gasteiger partial charge >= 0.3 is 5.97 Å². The van der Waals surface area contributed by atoms with E-state index in [0.717, 1.165) is 0 Å². The van der Waals surface area contributed by atoms with Gasteiger partial charge in [-0.1, -0.05) is 30.3 Å². The van der Waals surface area contributed by atoms with Crippen molar-refractivity contribution in [1.29, 1.82) is 0 Å². The minimum Gasteiger partial charge on any atom is -0.468 e. The molecule has 2 atom stereocenters. The van der Waals surface area contributed by atoms with E-state index in [-0.39, 0.29) is 23.7 Å². The third-order valence-corrected chi connectivity index (χ3v) is 3.05. The summed E-state index contributed by atoms with van der Waals surface area (Å²) < 4.78 is 4.66. The van der Waals surface area contributed by atoms with Crippen molar-refractivity contribution in [3.05, 3.63) is 35.9 Å². The summed E-state index contributed by atoms with van der Waals surface area (Å²) in [6.45, 7) is 0.535. The van der Waals surface area contributed by atoms with Crippen molar-refractivity contribution in [2.45, 2.75) is 12.5 Å². The number of hydrogen-bond acceptors (Lipinski definition) is 4. The molecule has 2 unspecified atom stereocenters. The van der Waals surface area contributed by atoms with Gasteiger partial charge in [0.1, 0.15) is 6.04 Å². The lowest BCUT2D eigenvalue weighted by molar-refractivity contribution is -0.142. The summed E-state index contributed by atoms with van der Waals surface area (Å²) in [4.78, 5) is 23.4. The molecule has 0 aromatic heterocycles. The summed E-state index contributed by atoms with van der Waals surface area (Å²) in [5.74, 6) is -0.348. The van der Waals surface area contributed by atoms with Crippen LogP contribution < -0.4 is 5.32 Å². The number of ether oxygens (including phenoxy) is 1. The Balaban J connectivity index is 2.02. The minimum atomic E-state index is -0.349. The van der Waals surface area contributed by atoms with Crippen molar-refractivity contribution in [2.75, 3.05) is 13.7 Å². The van der Waals surface area contributed by atoms with E-state index < -0.39 is 0 Å². The fourth-order valence-electron chi connectivity index (χ4n) is 2.10. The summed E-state index contributed by atoms with van der Waals surface area (Å²) >= 11 is 0. The summed E-state index contributed by atoms with van der Waals surface area (Å²) in [6.07, 6.45) is 0.514. The van der Waals surface area contributed by atoms with E-state index in [2.05, 4.69) is 10.1 Å². The zero-order chi connectivity index (χ0) is 12.3. The van der Waals surface area contributed by atoms with Crippen molar-refractivity contribution in [3.63, 3.8) is 0 Å². The Kier molecular flexibility index (Phi) is 3.54. The standard InChI is InChI=1S/C13H15NO3/c1-17-13(16)11-7-10(8-14-11)12(15)9-5-3-2-4-6-9/h2-6,10-11,14H,7-8H2,1H3. The first-order valence-electron chi connectivity index (χ1n) is 5.63. The highest BCUT2D eigenvalue weighted by molar-refractivity contribution is 5.98. The maximum Gasteiger partial charge on any atom is 0.322 e. The molecular formula is C13H15NO3. The molecule has 4 heteroatoms. The number of esters is 1. The molecule has 1 aromatic rings. The largest absolute Gasteiger partial charge is 0.468 e. The van der Waals surface area contributed by atoms with Crippen LogP contribution in [-0.2, 0) is 9.53 Å². The smallest absolute Gasteiger partial charge is 0.322 e. The fraction of sp³-hybridized carbons (Fsp3) is 0.385. The van der Waals surface area contributed by atoms with Crippen molar-refractivity contribution in [3.8, 4) is 0 Å². The van der Waals surface area contributed by atoms with Crippen LogP contribution in [0.5, 0.6) is 0 Å². The van der Waals surface area contributed by atoms with Crippen LogP contribution >= 0.6 is 0 Å². The average Bonchev–Trinajstić information content (AvgIpc) is 2.87. The number of benzene rings is 1. The van der Waals surface area contributed by atoms with Gasteiger partial charge < -0.3 is 10.1 Å². The van der Waals surface area contributed by atoms with Crippen LogP contribution in [0.25, 0.3) is 0 Å². The summed E-state index contributed by atoms with van der Waals surface area (Å²) in [6, 6.07) is 8.81. The molecule has 1 aliphatic heterocycles. The maximum atomic E-state index is 12.1. The van der Waals surface area contributed by atoms with E-state index >= 15 is 0 Å². The van der Waals surface area contributed by atoms with Crippen LogP contribution in [0.3, 0.4) is 0 Å². The highest BCUT2D eigenvalue weighted by Crippen LogP contribution is 2.19. The molecule has 0 spiro atoms. The Bertz CT molecular complexity index is 416. The molecule has 0 saturated carbocycles. The second-order valence-electron chi connectivity index (χ2n) is 4.15. The monoisotopic (exact) mass is 233 g/mol. The van der Waals surface area contributed by atoms with Gasteiger partial charge in [-0.15, -0.1) is 0 Å². The first-order valence-corrected chi connectivity index (χ1v) is 5.63. The van der Waals surface area contributed by atoms with E-state index in [4.69, 9.17) is 0 Å². The normalized spacial score (nSPS) is 23.4. The summed E-state index contributed by atoms with van der Waals surface area (Å²) in [5.41, 5.74) is 0.699. The Hall–Kier alpha value is -1.68. The molecule has 0 aliphatic carbocycles. The van der Waals surface area contributed by atoms with Gasteiger partial charge in [0.05, 0.1) is 7.11 Å². The van der Waals surface area contributed by atoms with Crippen molar-refractivity contribution in [1.82, 2.24) is 5.32 Å². The molecule has 1 aromatic carbocycles. The van der Waals surface area contributed by atoms with E-state index in [0.29, 0.717) is 18.5 Å². The highest BCUT2D eigenvalue weighted by atomic mass is 16.5. The zero-order valence-corrected chi connectivity index (χ0v) is 9.68. The third kappa shape index (κ3) is 2.53. The van der Waals surface area contributed by atoms with E-state index in [1.165, 1.54) is 7.11 Å². The topological polar surface area (TPSA) is 55.4 Å². The second-order valence-corrected chi connectivity index (χ2v) is 4.15. The van der Waals surface area contributed by atoms with Crippen LogP contribution in [0.15, 0.2) is 30.3 Å². The van der Waals surface area contributed by atoms with Crippen LogP contribution in [0.2, 0.25) is 0 Å². The van der Waals surface area contributed by atoms with Crippen molar-refractivity contribution >= 4 is 11.8 Å². The summed E-state index contributed by atoms with van der Waals surface area (Å²) in [5, 5.41) is 3.01. The van der Waals surface area contributed by atoms with Crippen LogP contribution in [0.1, 0.15) is 16.8 Å². The Morgan fingerprint density at radius 2 is 2.00 bits per heavy atom. The van der Waals surface area contributed by atoms with Gasteiger partial charge in [-0.25, -0.2) is 0 Å². The molecule has 1 aliphatic rings. The molecule has 90 valence electrons. The Labute approximate surface area is 100.0 Å². The number of carbonyl (C=O) groups excluding carboxylic acids is 2. The molecule has 0 bridgehead atoms. The molecule has 1 fully saturated rings. The number of ketones is 1. The lowest BCUT2D eigenvalue weighted by Crippen LogP contribution is -2.31. The van der Waals surface area contributed by atoms with Gasteiger partial charge in [-0.3, -0.25) is 9.59 Å². The van der Waals surface area contributed by atoms with Crippen molar-refractivity contribution < 1.29 is 14.3 Å². The molecule has 1 heterocycles. The summed E-state index contributed by atoms with van der Waals surface area (Å²) in [7, 11) is 1.36. The SMILES string of the molecule is COC(=O)C1CC(C(=O)c2ccccc2)CN1. The molecule has 0 radical (unpaired) electrons. The van der Waals surface area contributed by atoms with E-state index in [1.54, 1.807) is 12.1 Å². The fourth-order valence-corrected chi connectivity index (χ4v) is 2.10. The molecule has 4 nitrogen and oxygen atoms in total. The molecule has 17 heavy (non-hydrogen) atoms. The van der Waals surface area contributed by atoms with Crippen LogP contribution in [0, 0.1) is 5.92 Å². The minimum absolute atomic E-state index is 0.0875. The average molecular weight is 233 g/mol. The number of methoxy groups -OCH3 is 1. The number of Topliss-reactive ketones (excluding diaryl/α,β-unsaturated/α-hetero) is 1. The molecule has 1 saturated heterocycles. The van der Waals surface area contributed by atoms with Crippen molar-refractivity contribution in [2.24, 2.45) is 5.92 Å². The first-order chi connectivity index (χ1) is 8.22. The molecule has 2 rings (SSSR count). The maximum absolute atomic E-state index is 12.1. The van der Waals surface area contributed by atoms with Crippen LogP contribution in [0.4, 0.5) is 0 Å². The molecule has 1 N–H and O–H groups in total. The van der Waals surface area contributed by atoms with Gasteiger partial charge in [-0.2, -0.15) is 0 Å². The first kappa shape index (κ1) is 11.8. The van der Waals surface area contributed by atoms with Gasteiger partial charge in [0.2, 0.25) is 0 Å². The van der Waals surface area contributed by atoms with E-state index in [9.17, 15) is 9.59 Å². The Morgan fingerprint density at radius 1 is 1.29 bits per heavy atom. The van der Waals surface area contributed by atoms with Gasteiger partial charge in [0.25, 0.3) is 0 Å². The molecule has 0 amide bonds. The molecular weight excluding hydrogens is 218 g/mol. The van der Waals surface area contributed by atoms with Gasteiger partial charge in [0, 0.05) is 18.0 Å². The second kappa shape index (κ2) is 5.10. The third-order valence-electron chi connectivity index (χ3n) is 3.05. The predicted octanol–water partition coefficient (Wildman–Crippen LogP) is 1.02. The number of nitrogens with one attached hydrogen (secondary N) is 1. The quantitative estimate of drug-likeness (QED) is 0.625. The lowest BCUT2D eigenvalue weighted by Gasteiger charge is -2.08. The van der Waals surface area contributed by atoms with E-state index in [1.807, 2.05) is 18.2 Å². The lowest BCUT2D eigenvalue weighted by atomic mass is 9.95. The highest BCUT2D eigenvalue weighted by Gasteiger charge is 2.34. The predicted molar refractivity (Wildman–Crippen MR) is 62.7 cm³/mol. The number of hydrogen-bond donors (Lipinski definition) is 1. The number of rotatable bonds is 3. The number of carbonyl (C=O) groups is 2. The Morgan fingerprint density at radius 3 is 2.65 bits per heavy atom.